The molecule has 3 unspecified atom stereocenters. The highest BCUT2D eigenvalue weighted by atomic mass is 31.2. The van der Waals surface area contributed by atoms with Gasteiger partial charge in [0.1, 0.15) is 30.0 Å². The summed E-state index contributed by atoms with van der Waals surface area (Å²) < 4.78 is 46.8. The Hall–Kier alpha value is -6.09. The Bertz CT molecular complexity index is 3230. The molecule has 3 aromatic carbocycles. The largest absolute Gasteiger partial charge is 0.438 e. The number of hydrogen-bond acceptors (Lipinski definition) is 9. The molecule has 350 valence electrons. The van der Waals surface area contributed by atoms with Crippen LogP contribution in [0.15, 0.2) is 81.1 Å². The van der Waals surface area contributed by atoms with Crippen LogP contribution in [0.2, 0.25) is 0 Å². The van der Waals surface area contributed by atoms with Crippen molar-refractivity contribution in [2.45, 2.75) is 91.3 Å². The quantitative estimate of drug-likeness (QED) is 0.119. The predicted octanol–water partition coefficient (Wildman–Crippen LogP) is 7.39. The highest BCUT2D eigenvalue weighted by Crippen LogP contribution is 2.56. The van der Waals surface area contributed by atoms with Crippen molar-refractivity contribution < 1.29 is 23.0 Å². The number of nitrogens with one attached hydrogen (secondary N) is 2. The van der Waals surface area contributed by atoms with Gasteiger partial charge in [0.2, 0.25) is 0 Å². The van der Waals surface area contributed by atoms with Crippen molar-refractivity contribution in [3.63, 3.8) is 0 Å². The lowest BCUT2D eigenvalue weighted by Crippen LogP contribution is -2.41. The molecule has 15 nitrogen and oxygen atoms in total. The van der Waals surface area contributed by atoms with E-state index in [-0.39, 0.29) is 23.3 Å². The number of hydrogen-bond donors (Lipinski definition) is 2. The summed E-state index contributed by atoms with van der Waals surface area (Å²) in [5.74, 6) is -0.0411. The van der Waals surface area contributed by atoms with Crippen LogP contribution in [0.1, 0.15) is 109 Å². The summed E-state index contributed by atoms with van der Waals surface area (Å²) in [5, 5.41) is 14.2. The number of ether oxygens (including phenoxy) is 1. The molecule has 2 N–H and O–H groups in total. The lowest BCUT2D eigenvalue weighted by molar-refractivity contribution is 0.0663. The molecule has 17 heteroatoms. The fourth-order valence-corrected chi connectivity index (χ4v) is 13.1. The fourth-order valence-electron chi connectivity index (χ4n) is 11.0. The van der Waals surface area contributed by atoms with Gasteiger partial charge < -0.3 is 24.1 Å². The first-order valence-electron chi connectivity index (χ1n) is 23.4. The Morgan fingerprint density at radius 3 is 2.34 bits per heavy atom. The van der Waals surface area contributed by atoms with E-state index in [1.165, 1.54) is 5.56 Å². The van der Waals surface area contributed by atoms with E-state index in [0.717, 1.165) is 40.3 Å². The molecule has 7 aromatic rings. The first-order chi connectivity index (χ1) is 32.2. The summed E-state index contributed by atoms with van der Waals surface area (Å²) in [6, 6.07) is 16.9. The summed E-state index contributed by atoms with van der Waals surface area (Å²) in [5.41, 5.74) is 5.60. The first-order valence-corrected chi connectivity index (χ1v) is 25.5. The maximum absolute atomic E-state index is 15.6. The number of nitrogens with zero attached hydrogens (tertiary/aromatic N) is 7. The van der Waals surface area contributed by atoms with Gasteiger partial charge in [-0.15, -0.1) is 0 Å². The summed E-state index contributed by atoms with van der Waals surface area (Å²) in [6.07, 6.45) is 7.32. The number of aromatic amines is 1. The predicted molar refractivity (Wildman–Crippen MR) is 255 cm³/mol. The third-order valence-corrected chi connectivity index (χ3v) is 18.2. The first kappa shape index (κ1) is 44.7. The summed E-state index contributed by atoms with van der Waals surface area (Å²) >= 11 is 0. The molecule has 6 heterocycles. The van der Waals surface area contributed by atoms with Crippen LogP contribution in [0.25, 0.3) is 28.1 Å². The maximum Gasteiger partial charge on any atom is 0.438 e. The second-order valence-electron chi connectivity index (χ2n) is 18.6. The third kappa shape index (κ3) is 7.21. The average Bonchev–Trinajstić information content (AvgIpc) is 3.83. The van der Waals surface area contributed by atoms with Crippen molar-refractivity contribution in [2.75, 3.05) is 39.1 Å². The molecule has 1 saturated carbocycles. The molecular formula is C50H57FN9O6P. The SMILES string of the molecule is CCP(=O)(CC)c1ccc(-n2ccn(-c3c4c(nn3-c3cc(C)c(F)c(C)c3)CCN(C(=O)c3cc5cc(C6CCOCC6)ccc5n3C3(c5noc(=O)[nH]5)CC3C)C4C)c2=O)cc1CNC. The van der Waals surface area contributed by atoms with Crippen molar-refractivity contribution >= 4 is 29.3 Å². The Kier molecular flexibility index (Phi) is 11.3. The summed E-state index contributed by atoms with van der Waals surface area (Å²) in [7, 11) is -0.802. The molecule has 0 bridgehead atoms. The van der Waals surface area contributed by atoms with Gasteiger partial charge in [-0.1, -0.05) is 32.0 Å². The molecule has 2 fully saturated rings. The minimum absolute atomic E-state index is 0.0210. The molecule has 0 spiro atoms. The van der Waals surface area contributed by atoms with Crippen molar-refractivity contribution in [3.05, 3.63) is 139 Å². The van der Waals surface area contributed by atoms with Gasteiger partial charge in [-0.05, 0) is 130 Å². The Labute approximate surface area is 387 Å². The highest BCUT2D eigenvalue weighted by molar-refractivity contribution is 7.71. The van der Waals surface area contributed by atoms with Crippen molar-refractivity contribution in [1.29, 1.82) is 0 Å². The molecule has 3 aliphatic rings. The zero-order valence-corrected chi connectivity index (χ0v) is 40.0. The molecule has 1 amide bonds. The van der Waals surface area contributed by atoms with Crippen molar-refractivity contribution in [1.82, 2.24) is 43.8 Å². The van der Waals surface area contributed by atoms with E-state index in [2.05, 4.69) is 40.6 Å². The van der Waals surface area contributed by atoms with Crippen LogP contribution < -0.4 is 22.1 Å². The number of aryl methyl sites for hydroxylation is 2. The monoisotopic (exact) mass is 929 g/mol. The molecular weight excluding hydrogens is 873 g/mol. The van der Waals surface area contributed by atoms with E-state index in [1.54, 1.807) is 52.2 Å². The number of benzene rings is 3. The van der Waals surface area contributed by atoms with Crippen LogP contribution in [-0.2, 0) is 27.8 Å². The number of carbonyl (C=O) groups is 1. The van der Waals surface area contributed by atoms with Gasteiger partial charge in [-0.2, -0.15) is 5.10 Å². The fraction of sp³-hybridized carbons (Fsp3) is 0.420. The van der Waals surface area contributed by atoms with Gasteiger partial charge in [-0.3, -0.25) is 23.4 Å². The normalized spacial score (nSPS) is 19.9. The molecule has 1 aliphatic carbocycles. The second kappa shape index (κ2) is 16.9. The van der Waals surface area contributed by atoms with Crippen LogP contribution >= 0.6 is 7.14 Å². The van der Waals surface area contributed by atoms with Crippen LogP contribution in [0.4, 0.5) is 4.39 Å². The van der Waals surface area contributed by atoms with Gasteiger partial charge >= 0.3 is 11.4 Å². The molecule has 2 aliphatic heterocycles. The lowest BCUT2D eigenvalue weighted by atomic mass is 9.91. The van der Waals surface area contributed by atoms with Gasteiger partial charge in [0.25, 0.3) is 5.91 Å². The molecule has 1 saturated heterocycles. The smallest absolute Gasteiger partial charge is 0.381 e. The molecule has 3 atom stereocenters. The summed E-state index contributed by atoms with van der Waals surface area (Å²) in [4.78, 5) is 47.6. The van der Waals surface area contributed by atoms with Crippen molar-refractivity contribution in [3.8, 4) is 17.2 Å². The number of fused-ring (bicyclic) bond motifs is 2. The van der Waals surface area contributed by atoms with E-state index >= 15 is 9.18 Å². The number of halogens is 1. The van der Waals surface area contributed by atoms with Crippen LogP contribution in [0.3, 0.4) is 0 Å². The Morgan fingerprint density at radius 2 is 1.69 bits per heavy atom. The van der Waals surface area contributed by atoms with Gasteiger partial charge in [-0.25, -0.2) is 18.7 Å². The topological polar surface area (TPSA) is 167 Å². The standard InChI is InChI=1S/C50H57FN9O6P/c1-8-67(64,9-2)42-13-11-37(25-36(42)28-52-7)57-18-19-58(49(57)63)45-43-32(6)56(17-14-39(43)54-60(45)38-22-29(3)44(51)30(4)23-38)46(61)41-26-35-24-34(33-15-20-65-21-16-33)10-12-40(35)59(41)50(27-31(50)5)47-53-48(62)66-55-47/h10-13,18-19,22-26,31-33,52H,8-9,14-17,20-21,27-28H2,1-7H3,(H,53,55,62). The van der Waals surface area contributed by atoms with Crippen LogP contribution in [0, 0.1) is 25.6 Å². The van der Waals surface area contributed by atoms with Gasteiger partial charge in [0.05, 0.1) is 23.1 Å². The zero-order valence-electron chi connectivity index (χ0n) is 39.1. The zero-order chi connectivity index (χ0) is 47.1. The second-order valence-corrected chi connectivity index (χ2v) is 22.2. The maximum atomic E-state index is 15.6. The Balaban J connectivity index is 1.11. The van der Waals surface area contributed by atoms with Crippen molar-refractivity contribution in [2.24, 2.45) is 5.92 Å². The number of H-pyrrole nitrogens is 1. The number of aromatic nitrogens is 7. The average molecular weight is 930 g/mol. The lowest BCUT2D eigenvalue weighted by Gasteiger charge is -2.34. The number of amides is 1. The molecule has 10 rings (SSSR count). The molecule has 67 heavy (non-hydrogen) atoms. The van der Waals surface area contributed by atoms with Crippen LogP contribution in [-0.4, -0.2) is 83.6 Å². The summed E-state index contributed by atoms with van der Waals surface area (Å²) in [6.45, 7) is 13.5. The number of carbonyl (C=O) groups excluding carboxylic acids is 1. The Morgan fingerprint density at radius 1 is 0.970 bits per heavy atom. The number of rotatable bonds is 12. The third-order valence-electron chi connectivity index (χ3n) is 14.8. The minimum atomic E-state index is -2.64. The minimum Gasteiger partial charge on any atom is -0.381 e. The van der Waals surface area contributed by atoms with E-state index in [0.29, 0.717) is 103 Å². The highest BCUT2D eigenvalue weighted by Gasteiger charge is 2.59. The molecule has 4 aromatic heterocycles. The van der Waals surface area contributed by atoms with Gasteiger partial charge in [0.15, 0.2) is 5.82 Å². The van der Waals surface area contributed by atoms with E-state index < -0.39 is 24.5 Å². The van der Waals surface area contributed by atoms with E-state index in [9.17, 15) is 14.2 Å². The number of imidazole rings is 1. The van der Waals surface area contributed by atoms with E-state index in [4.69, 9.17) is 14.4 Å². The van der Waals surface area contributed by atoms with Gasteiger partial charge in [0, 0.05) is 79.2 Å². The van der Waals surface area contributed by atoms with E-state index in [1.807, 2.05) is 61.6 Å². The molecule has 0 radical (unpaired) electrons. The van der Waals surface area contributed by atoms with Crippen LogP contribution in [0.5, 0.6) is 0 Å².